The summed E-state index contributed by atoms with van der Waals surface area (Å²) < 4.78 is 1.80. The number of nitrogens with one attached hydrogen (secondary N) is 2. The van der Waals surface area contributed by atoms with Gasteiger partial charge in [0.1, 0.15) is 0 Å². The number of rotatable bonds is 7. The first kappa shape index (κ1) is 18.4. The molecular weight excluding hydrogens is 340 g/mol. The highest BCUT2D eigenvalue weighted by molar-refractivity contribution is 5.96. The standard InChI is InChI=1S/C21H22N4O2/c1-16-6-5-7-18(12-16)21(27)23-14-20(26)22-11-10-17-13-24-25(15-17)19-8-3-2-4-9-19/h2-9,12-13,15H,10-11,14H2,1H3,(H,22,26)(H,23,27). The lowest BCUT2D eigenvalue weighted by molar-refractivity contribution is -0.120. The third kappa shape index (κ3) is 5.28. The summed E-state index contributed by atoms with van der Waals surface area (Å²) in [6, 6.07) is 17.1. The Balaban J connectivity index is 1.41. The van der Waals surface area contributed by atoms with E-state index >= 15 is 0 Å². The van der Waals surface area contributed by atoms with Crippen LogP contribution >= 0.6 is 0 Å². The number of carbonyl (C=O) groups excluding carboxylic acids is 2. The Morgan fingerprint density at radius 1 is 1.04 bits per heavy atom. The molecule has 0 fully saturated rings. The van der Waals surface area contributed by atoms with E-state index in [1.807, 2.05) is 55.6 Å². The van der Waals surface area contributed by atoms with Gasteiger partial charge in [0.2, 0.25) is 5.91 Å². The van der Waals surface area contributed by atoms with Crippen molar-refractivity contribution in [3.05, 3.63) is 83.7 Å². The second-order valence-electron chi connectivity index (χ2n) is 6.28. The molecule has 0 unspecified atom stereocenters. The molecule has 0 aliphatic rings. The molecule has 2 amide bonds. The maximum absolute atomic E-state index is 12.0. The Labute approximate surface area is 158 Å². The fourth-order valence-corrected chi connectivity index (χ4v) is 2.67. The molecule has 0 aliphatic carbocycles. The Bertz CT molecular complexity index is 919. The lowest BCUT2D eigenvalue weighted by Crippen LogP contribution is -2.37. The first-order valence-corrected chi connectivity index (χ1v) is 8.82. The fraction of sp³-hybridized carbons (Fsp3) is 0.190. The van der Waals surface area contributed by atoms with Gasteiger partial charge in [-0.2, -0.15) is 5.10 Å². The molecule has 27 heavy (non-hydrogen) atoms. The number of benzene rings is 2. The highest BCUT2D eigenvalue weighted by Gasteiger charge is 2.08. The lowest BCUT2D eigenvalue weighted by Gasteiger charge is -2.07. The minimum absolute atomic E-state index is 0.0456. The number of para-hydroxylation sites is 1. The number of hydrogen-bond donors (Lipinski definition) is 2. The molecule has 138 valence electrons. The maximum Gasteiger partial charge on any atom is 0.251 e. The number of amides is 2. The normalized spacial score (nSPS) is 10.4. The van der Waals surface area contributed by atoms with Crippen LogP contribution in [0.4, 0.5) is 0 Å². The molecule has 0 saturated carbocycles. The van der Waals surface area contributed by atoms with E-state index in [2.05, 4.69) is 15.7 Å². The minimum atomic E-state index is -0.252. The van der Waals surface area contributed by atoms with Crippen molar-refractivity contribution in [3.63, 3.8) is 0 Å². The van der Waals surface area contributed by atoms with Gasteiger partial charge in [0.25, 0.3) is 5.91 Å². The van der Waals surface area contributed by atoms with Crippen LogP contribution in [0.2, 0.25) is 0 Å². The van der Waals surface area contributed by atoms with Gasteiger partial charge in [-0.1, -0.05) is 35.9 Å². The molecule has 3 rings (SSSR count). The average molecular weight is 362 g/mol. The van der Waals surface area contributed by atoms with Crippen LogP contribution in [-0.4, -0.2) is 34.7 Å². The van der Waals surface area contributed by atoms with Gasteiger partial charge in [-0.15, -0.1) is 0 Å². The Morgan fingerprint density at radius 3 is 2.63 bits per heavy atom. The molecule has 0 atom stereocenters. The smallest absolute Gasteiger partial charge is 0.251 e. The van der Waals surface area contributed by atoms with Gasteiger partial charge in [-0.05, 0) is 43.2 Å². The van der Waals surface area contributed by atoms with Crippen molar-refractivity contribution in [2.75, 3.05) is 13.1 Å². The lowest BCUT2D eigenvalue weighted by atomic mass is 10.1. The molecule has 3 aromatic rings. The van der Waals surface area contributed by atoms with Crippen LogP contribution in [0.1, 0.15) is 21.5 Å². The van der Waals surface area contributed by atoms with E-state index in [0.717, 1.165) is 16.8 Å². The van der Waals surface area contributed by atoms with Crippen molar-refractivity contribution in [2.45, 2.75) is 13.3 Å². The quantitative estimate of drug-likeness (QED) is 0.677. The summed E-state index contributed by atoms with van der Waals surface area (Å²) in [6.45, 7) is 2.36. The molecule has 0 spiro atoms. The molecule has 6 heteroatoms. The van der Waals surface area contributed by atoms with Gasteiger partial charge in [0.05, 0.1) is 18.4 Å². The van der Waals surface area contributed by atoms with E-state index in [0.29, 0.717) is 18.5 Å². The molecule has 0 saturated heterocycles. The number of aromatic nitrogens is 2. The molecule has 2 N–H and O–H groups in total. The summed E-state index contributed by atoms with van der Waals surface area (Å²) >= 11 is 0. The van der Waals surface area contributed by atoms with E-state index in [9.17, 15) is 9.59 Å². The third-order valence-electron chi connectivity index (χ3n) is 4.08. The zero-order chi connectivity index (χ0) is 19.1. The number of carbonyl (C=O) groups is 2. The monoisotopic (exact) mass is 362 g/mol. The number of hydrogen-bond acceptors (Lipinski definition) is 3. The van der Waals surface area contributed by atoms with Crippen molar-refractivity contribution < 1.29 is 9.59 Å². The van der Waals surface area contributed by atoms with E-state index in [-0.39, 0.29) is 18.4 Å². The summed E-state index contributed by atoms with van der Waals surface area (Å²) in [5, 5.41) is 9.77. The van der Waals surface area contributed by atoms with Gasteiger partial charge in [0, 0.05) is 18.3 Å². The van der Waals surface area contributed by atoms with Crippen LogP contribution in [0.3, 0.4) is 0 Å². The highest BCUT2D eigenvalue weighted by atomic mass is 16.2. The van der Waals surface area contributed by atoms with Gasteiger partial charge in [-0.25, -0.2) is 4.68 Å². The predicted octanol–water partition coefficient (Wildman–Crippen LogP) is 2.27. The van der Waals surface area contributed by atoms with Gasteiger partial charge >= 0.3 is 0 Å². The first-order chi connectivity index (χ1) is 13.1. The van der Waals surface area contributed by atoms with Crippen LogP contribution in [-0.2, 0) is 11.2 Å². The molecule has 1 heterocycles. The molecule has 6 nitrogen and oxygen atoms in total. The van der Waals surface area contributed by atoms with E-state index in [1.54, 1.807) is 23.0 Å². The summed E-state index contributed by atoms with van der Waals surface area (Å²) in [7, 11) is 0. The molecule has 2 aromatic carbocycles. The molecule has 0 radical (unpaired) electrons. The van der Waals surface area contributed by atoms with Gasteiger partial charge in [-0.3, -0.25) is 9.59 Å². The Kier molecular flexibility index (Phi) is 5.99. The number of aryl methyl sites for hydroxylation is 1. The predicted molar refractivity (Wildman–Crippen MR) is 104 cm³/mol. The van der Waals surface area contributed by atoms with Crippen molar-refractivity contribution in [1.29, 1.82) is 0 Å². The second kappa shape index (κ2) is 8.80. The van der Waals surface area contributed by atoms with Crippen LogP contribution in [0.25, 0.3) is 5.69 Å². The summed E-state index contributed by atoms with van der Waals surface area (Å²) in [5.74, 6) is -0.468. The van der Waals surface area contributed by atoms with Crippen LogP contribution in [0.5, 0.6) is 0 Å². The fourth-order valence-electron chi connectivity index (χ4n) is 2.67. The SMILES string of the molecule is Cc1cccc(C(=O)NCC(=O)NCCc2cnn(-c3ccccc3)c2)c1. The van der Waals surface area contributed by atoms with Crippen molar-refractivity contribution in [2.24, 2.45) is 0 Å². The molecule has 0 aliphatic heterocycles. The van der Waals surface area contributed by atoms with Crippen molar-refractivity contribution in [1.82, 2.24) is 20.4 Å². The molecule has 1 aromatic heterocycles. The Hall–Kier alpha value is -3.41. The van der Waals surface area contributed by atoms with E-state index in [4.69, 9.17) is 0 Å². The van der Waals surface area contributed by atoms with Crippen molar-refractivity contribution in [3.8, 4) is 5.69 Å². The van der Waals surface area contributed by atoms with Crippen LogP contribution < -0.4 is 10.6 Å². The largest absolute Gasteiger partial charge is 0.354 e. The molecular formula is C21H22N4O2. The molecule has 0 bridgehead atoms. The summed E-state index contributed by atoms with van der Waals surface area (Å²) in [6.07, 6.45) is 4.41. The first-order valence-electron chi connectivity index (χ1n) is 8.82. The zero-order valence-electron chi connectivity index (χ0n) is 15.2. The second-order valence-corrected chi connectivity index (χ2v) is 6.28. The number of nitrogens with zero attached hydrogens (tertiary/aromatic N) is 2. The maximum atomic E-state index is 12.0. The van der Waals surface area contributed by atoms with Crippen molar-refractivity contribution >= 4 is 11.8 Å². The van der Waals surface area contributed by atoms with Crippen LogP contribution in [0.15, 0.2) is 67.0 Å². The zero-order valence-corrected chi connectivity index (χ0v) is 15.2. The average Bonchev–Trinajstić information content (AvgIpc) is 3.16. The minimum Gasteiger partial charge on any atom is -0.354 e. The Morgan fingerprint density at radius 2 is 1.85 bits per heavy atom. The third-order valence-corrected chi connectivity index (χ3v) is 4.08. The van der Waals surface area contributed by atoms with E-state index in [1.165, 1.54) is 0 Å². The summed E-state index contributed by atoms with van der Waals surface area (Å²) in [5.41, 5.74) is 3.58. The van der Waals surface area contributed by atoms with Crippen LogP contribution in [0, 0.1) is 6.92 Å². The van der Waals surface area contributed by atoms with E-state index < -0.39 is 0 Å². The highest BCUT2D eigenvalue weighted by Crippen LogP contribution is 2.07. The topological polar surface area (TPSA) is 76.0 Å². The van der Waals surface area contributed by atoms with Gasteiger partial charge in [0.15, 0.2) is 0 Å². The summed E-state index contributed by atoms with van der Waals surface area (Å²) in [4.78, 5) is 23.9. The van der Waals surface area contributed by atoms with Gasteiger partial charge < -0.3 is 10.6 Å².